The predicted octanol–water partition coefficient (Wildman–Crippen LogP) is -0.261. The van der Waals surface area contributed by atoms with Gasteiger partial charge in [0.05, 0.1) is 0 Å². The van der Waals surface area contributed by atoms with Gasteiger partial charge < -0.3 is 15.9 Å². The van der Waals surface area contributed by atoms with Crippen molar-refractivity contribution < 1.29 is 4.84 Å². The fraction of sp³-hybridized carbons (Fsp3) is 0.500. The lowest BCUT2D eigenvalue weighted by Crippen LogP contribution is -2.45. The highest BCUT2D eigenvalue weighted by Gasteiger charge is 2.11. The Kier molecular flexibility index (Phi) is 3.49. The second kappa shape index (κ2) is 5.06. The molecule has 0 amide bonds. The number of hydroxylamine groups is 2. The molecule has 1 saturated heterocycles. The van der Waals surface area contributed by atoms with Crippen LogP contribution in [0.1, 0.15) is 5.56 Å². The molecule has 1 aliphatic rings. The Morgan fingerprint density at radius 2 is 2.20 bits per heavy atom. The lowest BCUT2D eigenvalue weighted by molar-refractivity contribution is -0.0703. The highest BCUT2D eigenvalue weighted by Crippen LogP contribution is 2.09. The smallest absolute Gasteiger partial charge is 0.238 e. The molecule has 0 unspecified atom stereocenters. The van der Waals surface area contributed by atoms with Gasteiger partial charge in [0, 0.05) is 45.0 Å². The Hall–Kier alpha value is -1.17. The second-order valence-corrected chi connectivity index (χ2v) is 3.48. The first-order valence-electron chi connectivity index (χ1n) is 5.17. The van der Waals surface area contributed by atoms with E-state index < -0.39 is 0 Å². The third-order valence-electron chi connectivity index (χ3n) is 2.33. The Morgan fingerprint density at radius 3 is 2.80 bits per heavy atom. The molecule has 0 atom stereocenters. The summed E-state index contributed by atoms with van der Waals surface area (Å²) in [6.45, 7) is 4.21. The molecule has 5 heteroatoms. The molecule has 3 N–H and O–H groups in total. The quantitative estimate of drug-likeness (QED) is 0.716. The van der Waals surface area contributed by atoms with E-state index >= 15 is 0 Å². The van der Waals surface area contributed by atoms with E-state index in [-0.39, 0.29) is 0 Å². The van der Waals surface area contributed by atoms with Crippen molar-refractivity contribution in [3.05, 3.63) is 23.9 Å². The molecule has 0 saturated carbocycles. The fourth-order valence-corrected chi connectivity index (χ4v) is 1.45. The zero-order valence-electron chi connectivity index (χ0n) is 8.65. The summed E-state index contributed by atoms with van der Waals surface area (Å²) in [5, 5.41) is 5.18. The van der Waals surface area contributed by atoms with Crippen molar-refractivity contribution in [3.63, 3.8) is 0 Å². The van der Waals surface area contributed by atoms with E-state index in [1.54, 1.807) is 6.20 Å². The topological polar surface area (TPSA) is 63.4 Å². The van der Waals surface area contributed by atoms with E-state index in [1.165, 1.54) is 0 Å². The third-order valence-corrected chi connectivity index (χ3v) is 2.33. The maximum atomic E-state index is 5.60. The molecule has 0 aliphatic carbocycles. The molecule has 1 fully saturated rings. The first kappa shape index (κ1) is 10.4. The SMILES string of the molecule is NCc1ccc(ON2CCNCC2)nc1. The summed E-state index contributed by atoms with van der Waals surface area (Å²) in [4.78, 5) is 9.78. The minimum atomic E-state index is 0.515. The molecule has 0 radical (unpaired) electrons. The number of aromatic nitrogens is 1. The zero-order valence-corrected chi connectivity index (χ0v) is 8.65. The summed E-state index contributed by atoms with van der Waals surface area (Å²) in [7, 11) is 0. The lowest BCUT2D eigenvalue weighted by atomic mass is 10.3. The van der Waals surface area contributed by atoms with Gasteiger partial charge in [-0.05, 0) is 5.56 Å². The molecule has 82 valence electrons. The van der Waals surface area contributed by atoms with Crippen LogP contribution < -0.4 is 15.9 Å². The molecule has 1 aromatic rings. The van der Waals surface area contributed by atoms with Crippen LogP contribution in [-0.2, 0) is 6.54 Å². The summed E-state index contributed by atoms with van der Waals surface area (Å²) >= 11 is 0. The van der Waals surface area contributed by atoms with Crippen molar-refractivity contribution in [1.29, 1.82) is 0 Å². The highest BCUT2D eigenvalue weighted by molar-refractivity contribution is 5.17. The van der Waals surface area contributed by atoms with E-state index in [0.29, 0.717) is 12.4 Å². The first-order chi connectivity index (χ1) is 7.38. The van der Waals surface area contributed by atoms with Crippen LogP contribution in [0.5, 0.6) is 5.88 Å². The van der Waals surface area contributed by atoms with Gasteiger partial charge in [0.25, 0.3) is 0 Å². The zero-order chi connectivity index (χ0) is 10.5. The fourth-order valence-electron chi connectivity index (χ4n) is 1.45. The van der Waals surface area contributed by atoms with E-state index in [0.717, 1.165) is 31.7 Å². The molecule has 0 spiro atoms. The van der Waals surface area contributed by atoms with Gasteiger partial charge in [-0.15, -0.1) is 5.06 Å². The number of nitrogens with one attached hydrogen (secondary N) is 1. The third kappa shape index (κ3) is 2.89. The summed E-state index contributed by atoms with van der Waals surface area (Å²) in [5.41, 5.74) is 6.50. The standard InChI is InChI=1S/C10H16N4O/c11-7-9-1-2-10(13-8-9)15-14-5-3-12-4-6-14/h1-2,8,12H,3-7,11H2. The normalized spacial score (nSPS) is 17.7. The van der Waals surface area contributed by atoms with Crippen LogP contribution in [0.4, 0.5) is 0 Å². The number of nitrogens with zero attached hydrogens (tertiary/aromatic N) is 2. The Balaban J connectivity index is 1.91. The van der Waals surface area contributed by atoms with E-state index in [1.807, 2.05) is 17.2 Å². The Bertz CT molecular complexity index is 295. The molecular formula is C10H16N4O. The molecule has 0 bridgehead atoms. The van der Waals surface area contributed by atoms with Crippen molar-refractivity contribution in [2.75, 3.05) is 26.2 Å². The highest BCUT2D eigenvalue weighted by atomic mass is 16.7. The molecular weight excluding hydrogens is 192 g/mol. The molecule has 0 aromatic carbocycles. The number of hydrogen-bond donors (Lipinski definition) is 2. The van der Waals surface area contributed by atoms with Crippen LogP contribution in [0.3, 0.4) is 0 Å². The van der Waals surface area contributed by atoms with Crippen LogP contribution in [0, 0.1) is 0 Å². The van der Waals surface area contributed by atoms with Gasteiger partial charge in [0.15, 0.2) is 0 Å². The second-order valence-electron chi connectivity index (χ2n) is 3.48. The van der Waals surface area contributed by atoms with Crippen LogP contribution in [0.2, 0.25) is 0 Å². The van der Waals surface area contributed by atoms with Crippen LogP contribution in [0.25, 0.3) is 0 Å². The maximum Gasteiger partial charge on any atom is 0.238 e. The number of nitrogens with two attached hydrogens (primary N) is 1. The van der Waals surface area contributed by atoms with Crippen LogP contribution in [-0.4, -0.2) is 36.2 Å². The van der Waals surface area contributed by atoms with E-state index in [9.17, 15) is 0 Å². The summed E-state index contributed by atoms with van der Waals surface area (Å²) in [5.74, 6) is 0.633. The van der Waals surface area contributed by atoms with Gasteiger partial charge in [-0.2, -0.15) is 0 Å². The van der Waals surface area contributed by atoms with Crippen molar-refractivity contribution >= 4 is 0 Å². The molecule has 1 aliphatic heterocycles. The first-order valence-corrected chi connectivity index (χ1v) is 5.17. The van der Waals surface area contributed by atoms with Crippen molar-refractivity contribution in [2.24, 2.45) is 5.73 Å². The minimum absolute atomic E-state index is 0.515. The van der Waals surface area contributed by atoms with Gasteiger partial charge in [-0.25, -0.2) is 4.98 Å². The van der Waals surface area contributed by atoms with E-state index in [2.05, 4.69) is 10.3 Å². The predicted molar refractivity (Wildman–Crippen MR) is 57.2 cm³/mol. The van der Waals surface area contributed by atoms with Gasteiger partial charge in [0.1, 0.15) is 0 Å². The number of pyridine rings is 1. The van der Waals surface area contributed by atoms with Crippen molar-refractivity contribution in [2.45, 2.75) is 6.54 Å². The van der Waals surface area contributed by atoms with Gasteiger partial charge >= 0.3 is 0 Å². The van der Waals surface area contributed by atoms with Crippen molar-refractivity contribution in [3.8, 4) is 5.88 Å². The average Bonchev–Trinajstić information content (AvgIpc) is 2.31. The van der Waals surface area contributed by atoms with E-state index in [4.69, 9.17) is 10.6 Å². The largest absolute Gasteiger partial charge is 0.386 e. The molecule has 15 heavy (non-hydrogen) atoms. The van der Waals surface area contributed by atoms with Gasteiger partial charge in [-0.3, -0.25) is 0 Å². The van der Waals surface area contributed by atoms with Gasteiger partial charge in [0.2, 0.25) is 5.88 Å². The van der Waals surface area contributed by atoms with Crippen molar-refractivity contribution in [1.82, 2.24) is 15.4 Å². The minimum Gasteiger partial charge on any atom is -0.386 e. The molecule has 2 rings (SSSR count). The Morgan fingerprint density at radius 1 is 1.40 bits per heavy atom. The summed E-state index contributed by atoms with van der Waals surface area (Å²) < 4.78 is 0. The number of piperazine rings is 1. The molecule has 2 heterocycles. The van der Waals surface area contributed by atoms with Crippen LogP contribution >= 0.6 is 0 Å². The Labute approximate surface area is 89.2 Å². The average molecular weight is 208 g/mol. The monoisotopic (exact) mass is 208 g/mol. The number of hydrogen-bond acceptors (Lipinski definition) is 5. The lowest BCUT2D eigenvalue weighted by Gasteiger charge is -2.25. The summed E-state index contributed by atoms with van der Waals surface area (Å²) in [6.07, 6.45) is 1.75. The number of rotatable bonds is 3. The molecule has 1 aromatic heterocycles. The summed E-state index contributed by atoms with van der Waals surface area (Å²) in [6, 6.07) is 3.79. The van der Waals surface area contributed by atoms with Crippen LogP contribution in [0.15, 0.2) is 18.3 Å². The maximum absolute atomic E-state index is 5.60. The van der Waals surface area contributed by atoms with Gasteiger partial charge in [-0.1, -0.05) is 6.07 Å². The molecule has 5 nitrogen and oxygen atoms in total.